The number of aliphatic hydroxyl groups excluding tert-OH is 1. The number of imidazole rings is 1. The van der Waals surface area contributed by atoms with E-state index in [-0.39, 0.29) is 17.0 Å². The number of aryl methyl sites for hydroxylation is 2. The number of thiazole rings is 1. The predicted octanol–water partition coefficient (Wildman–Crippen LogP) is 6.49. The van der Waals surface area contributed by atoms with Crippen molar-refractivity contribution in [1.29, 1.82) is 0 Å². The van der Waals surface area contributed by atoms with Crippen LogP contribution in [0.5, 0.6) is 0 Å². The number of nitrogens with zero attached hydrogens (tertiary/aromatic N) is 4. The summed E-state index contributed by atoms with van der Waals surface area (Å²) < 4.78 is 2.61. The number of pyridine rings is 1. The Hall–Kier alpha value is -3.72. The number of hydrogen-bond acceptors (Lipinski definition) is 6. The first-order valence-corrected chi connectivity index (χ1v) is 12.9. The second-order valence-corrected chi connectivity index (χ2v) is 10.6. The maximum absolute atomic E-state index is 13.5. The first-order chi connectivity index (χ1) is 17.7. The van der Waals surface area contributed by atoms with Gasteiger partial charge in [-0.3, -0.25) is 14.5 Å². The van der Waals surface area contributed by atoms with E-state index in [0.717, 1.165) is 10.3 Å². The van der Waals surface area contributed by atoms with Crippen molar-refractivity contribution in [2.24, 2.45) is 0 Å². The van der Waals surface area contributed by atoms with E-state index in [1.807, 2.05) is 29.7 Å². The molecule has 0 bridgehead atoms. The number of hydrogen-bond donors (Lipinski definition) is 1. The molecular formula is C27H18Cl2N4O3S. The number of halogens is 2. The molecule has 2 aromatic carbocycles. The molecule has 1 aliphatic heterocycles. The van der Waals surface area contributed by atoms with Gasteiger partial charge in [0.05, 0.1) is 27.5 Å². The van der Waals surface area contributed by atoms with Crippen molar-refractivity contribution in [2.45, 2.75) is 19.9 Å². The molecule has 1 unspecified atom stereocenters. The van der Waals surface area contributed by atoms with Gasteiger partial charge in [0, 0.05) is 16.2 Å². The normalized spacial score (nSPS) is 17.4. The summed E-state index contributed by atoms with van der Waals surface area (Å²) in [6.07, 6.45) is 1.84. The van der Waals surface area contributed by atoms with Crippen molar-refractivity contribution in [3.8, 4) is 0 Å². The molecule has 6 rings (SSSR count). The molecule has 0 saturated carbocycles. The molecule has 10 heteroatoms. The van der Waals surface area contributed by atoms with Gasteiger partial charge in [-0.05, 0) is 61.4 Å². The fourth-order valence-corrected chi connectivity index (χ4v) is 6.05. The summed E-state index contributed by atoms with van der Waals surface area (Å²) in [5.41, 5.74) is 3.63. The third-order valence-electron chi connectivity index (χ3n) is 6.48. The van der Waals surface area contributed by atoms with Crippen molar-refractivity contribution in [1.82, 2.24) is 14.4 Å². The Morgan fingerprint density at radius 1 is 1.00 bits per heavy atom. The van der Waals surface area contributed by atoms with Crippen LogP contribution in [0.4, 0.5) is 5.13 Å². The number of fused-ring (bicyclic) bond motifs is 2. The largest absolute Gasteiger partial charge is 0.505 e. The highest BCUT2D eigenvalue weighted by Gasteiger charge is 2.48. The molecule has 37 heavy (non-hydrogen) atoms. The highest BCUT2D eigenvalue weighted by molar-refractivity contribution is 7.22. The Morgan fingerprint density at radius 2 is 1.73 bits per heavy atom. The minimum atomic E-state index is -0.932. The van der Waals surface area contributed by atoms with E-state index < -0.39 is 17.7 Å². The zero-order valence-corrected chi connectivity index (χ0v) is 21.9. The number of Topliss-reactive ketones (excluding diaryl/α,β-unsaturated/α-hetero) is 1. The third-order valence-corrected chi connectivity index (χ3v) is 7.99. The van der Waals surface area contributed by atoms with Crippen LogP contribution in [0.25, 0.3) is 21.6 Å². The summed E-state index contributed by atoms with van der Waals surface area (Å²) in [6.45, 7) is 3.72. The van der Waals surface area contributed by atoms with Crippen LogP contribution in [-0.4, -0.2) is 31.2 Å². The lowest BCUT2D eigenvalue weighted by molar-refractivity contribution is -0.132. The lowest BCUT2D eigenvalue weighted by Gasteiger charge is -2.22. The van der Waals surface area contributed by atoms with Gasteiger partial charge in [-0.1, -0.05) is 52.7 Å². The fraction of sp³-hybridized carbons (Fsp3) is 0.111. The standard InChI is InChI=1S/C27H18Cl2N4O3S/c1-13-4-3-11-32-14(2)21(31-25(13)32)23(34)20-22(15-5-7-16(28)8-6-15)33(26(36)24(20)35)27-30-18-10-9-17(29)12-19(18)37-27/h3-12,22,34H,1-2H3. The summed E-state index contributed by atoms with van der Waals surface area (Å²) in [6, 6.07) is 14.9. The second kappa shape index (κ2) is 8.69. The molecule has 5 aromatic rings. The van der Waals surface area contributed by atoms with Gasteiger partial charge in [0.1, 0.15) is 11.3 Å². The molecule has 0 radical (unpaired) electrons. The molecule has 4 heterocycles. The smallest absolute Gasteiger partial charge is 0.301 e. The Bertz CT molecular complexity index is 1790. The quantitative estimate of drug-likeness (QED) is 0.158. The van der Waals surface area contributed by atoms with Crippen LogP contribution in [0, 0.1) is 13.8 Å². The summed E-state index contributed by atoms with van der Waals surface area (Å²) in [4.78, 5) is 37.5. The van der Waals surface area contributed by atoms with Gasteiger partial charge in [-0.2, -0.15) is 0 Å². The van der Waals surface area contributed by atoms with Gasteiger partial charge in [0.15, 0.2) is 10.9 Å². The molecule has 7 nitrogen and oxygen atoms in total. The number of benzene rings is 2. The average Bonchev–Trinajstić information content (AvgIpc) is 3.52. The average molecular weight is 549 g/mol. The van der Waals surface area contributed by atoms with Crippen LogP contribution >= 0.6 is 34.5 Å². The van der Waals surface area contributed by atoms with E-state index >= 15 is 0 Å². The fourth-order valence-electron chi connectivity index (χ4n) is 4.65. The maximum atomic E-state index is 13.5. The van der Waals surface area contributed by atoms with Crippen LogP contribution in [0.3, 0.4) is 0 Å². The van der Waals surface area contributed by atoms with E-state index in [4.69, 9.17) is 23.2 Å². The van der Waals surface area contributed by atoms with Gasteiger partial charge in [0.25, 0.3) is 5.78 Å². The summed E-state index contributed by atoms with van der Waals surface area (Å²) in [5, 5.41) is 12.9. The van der Waals surface area contributed by atoms with Crippen LogP contribution < -0.4 is 4.90 Å². The first-order valence-electron chi connectivity index (χ1n) is 11.3. The minimum absolute atomic E-state index is 0.0613. The van der Waals surface area contributed by atoms with Crippen LogP contribution in [-0.2, 0) is 9.59 Å². The molecule has 0 spiro atoms. The Morgan fingerprint density at radius 3 is 2.46 bits per heavy atom. The summed E-state index contributed by atoms with van der Waals surface area (Å²) >= 11 is 13.5. The molecule has 1 saturated heterocycles. The number of aliphatic hydroxyl groups is 1. The lowest BCUT2D eigenvalue weighted by atomic mass is 9.96. The van der Waals surface area contributed by atoms with E-state index in [9.17, 15) is 14.7 Å². The Labute approximate surface area is 225 Å². The molecule has 1 amide bonds. The van der Waals surface area contributed by atoms with Gasteiger partial charge in [-0.15, -0.1) is 0 Å². The molecule has 1 aliphatic rings. The predicted molar refractivity (Wildman–Crippen MR) is 146 cm³/mol. The monoisotopic (exact) mass is 548 g/mol. The third kappa shape index (κ3) is 3.71. The minimum Gasteiger partial charge on any atom is -0.505 e. The molecular weight excluding hydrogens is 531 g/mol. The molecule has 0 aliphatic carbocycles. The topological polar surface area (TPSA) is 87.8 Å². The SMILES string of the molecule is Cc1cccn2c(C)c(C(O)=C3C(=O)C(=O)N(c4nc5ccc(Cl)cc5s4)C3c3ccc(Cl)cc3)nc12. The first kappa shape index (κ1) is 23.7. The zero-order valence-electron chi connectivity index (χ0n) is 19.6. The molecule has 1 N–H and O–H groups in total. The van der Waals surface area contributed by atoms with E-state index in [0.29, 0.717) is 37.6 Å². The number of ketones is 1. The van der Waals surface area contributed by atoms with Crippen LogP contribution in [0.15, 0.2) is 66.4 Å². The maximum Gasteiger partial charge on any atom is 0.301 e. The number of amides is 1. The number of rotatable bonds is 3. The second-order valence-electron chi connectivity index (χ2n) is 8.76. The summed E-state index contributed by atoms with van der Waals surface area (Å²) in [7, 11) is 0. The van der Waals surface area contributed by atoms with Crippen molar-refractivity contribution < 1.29 is 14.7 Å². The number of carbonyl (C=O) groups is 2. The Kier molecular flexibility index (Phi) is 5.56. The summed E-state index contributed by atoms with van der Waals surface area (Å²) in [5.74, 6) is -1.95. The zero-order chi connectivity index (χ0) is 26.0. The Balaban J connectivity index is 1.60. The number of carbonyl (C=O) groups excluding carboxylic acids is 2. The van der Waals surface area contributed by atoms with Gasteiger partial charge >= 0.3 is 5.91 Å². The van der Waals surface area contributed by atoms with E-state index in [1.54, 1.807) is 49.4 Å². The van der Waals surface area contributed by atoms with Crippen molar-refractivity contribution in [3.63, 3.8) is 0 Å². The van der Waals surface area contributed by atoms with Crippen molar-refractivity contribution in [3.05, 3.63) is 98.9 Å². The van der Waals surface area contributed by atoms with Gasteiger partial charge in [0.2, 0.25) is 0 Å². The van der Waals surface area contributed by atoms with Crippen molar-refractivity contribution in [2.75, 3.05) is 4.90 Å². The van der Waals surface area contributed by atoms with Crippen LogP contribution in [0.2, 0.25) is 10.0 Å². The van der Waals surface area contributed by atoms with Gasteiger partial charge in [-0.25, -0.2) is 9.97 Å². The van der Waals surface area contributed by atoms with E-state index in [2.05, 4.69) is 9.97 Å². The lowest BCUT2D eigenvalue weighted by Crippen LogP contribution is -2.29. The van der Waals surface area contributed by atoms with Crippen LogP contribution in [0.1, 0.15) is 28.6 Å². The van der Waals surface area contributed by atoms with Crippen molar-refractivity contribution >= 4 is 73.0 Å². The number of aromatic nitrogens is 3. The molecule has 1 atom stereocenters. The van der Waals surface area contributed by atoms with Gasteiger partial charge < -0.3 is 9.51 Å². The van der Waals surface area contributed by atoms with E-state index in [1.165, 1.54) is 16.2 Å². The highest BCUT2D eigenvalue weighted by atomic mass is 35.5. The number of anilines is 1. The molecule has 1 fully saturated rings. The highest BCUT2D eigenvalue weighted by Crippen LogP contribution is 2.45. The molecule has 3 aromatic heterocycles. The molecule has 184 valence electrons.